The van der Waals surface area contributed by atoms with Crippen LogP contribution >= 0.6 is 11.6 Å². The standard InChI is InChI=1S/C12H10ClFN4/c1-17-7-8(6-15-17)18-11(5-13)16-10-4-2-3-9(14)12(10)18/h2-4,6-7H,5H2,1H3. The zero-order valence-electron chi connectivity index (χ0n) is 9.64. The summed E-state index contributed by atoms with van der Waals surface area (Å²) in [5.41, 5.74) is 1.77. The van der Waals surface area contributed by atoms with Gasteiger partial charge in [-0.15, -0.1) is 11.6 Å². The number of halogens is 2. The van der Waals surface area contributed by atoms with Crippen LogP contribution in [-0.4, -0.2) is 19.3 Å². The summed E-state index contributed by atoms with van der Waals surface area (Å²) >= 11 is 5.88. The SMILES string of the molecule is Cn1cc(-n2c(CCl)nc3cccc(F)c32)cn1. The Labute approximate surface area is 108 Å². The van der Waals surface area contributed by atoms with E-state index in [0.29, 0.717) is 16.9 Å². The number of alkyl halides is 1. The molecule has 0 aliphatic rings. The molecule has 0 N–H and O–H groups in total. The molecule has 3 aromatic rings. The van der Waals surface area contributed by atoms with Gasteiger partial charge in [0.25, 0.3) is 0 Å². The summed E-state index contributed by atoms with van der Waals surface area (Å²) in [6.07, 6.45) is 3.45. The predicted octanol–water partition coefficient (Wildman–Crippen LogP) is 2.64. The number of para-hydroxylation sites is 1. The van der Waals surface area contributed by atoms with Crippen molar-refractivity contribution < 1.29 is 4.39 Å². The largest absolute Gasteiger partial charge is 0.289 e. The summed E-state index contributed by atoms with van der Waals surface area (Å²) in [4.78, 5) is 4.33. The molecule has 0 unspecified atom stereocenters. The van der Waals surface area contributed by atoms with Gasteiger partial charge >= 0.3 is 0 Å². The molecule has 2 aromatic heterocycles. The monoisotopic (exact) mass is 264 g/mol. The molecule has 92 valence electrons. The molecule has 0 saturated heterocycles. The Morgan fingerprint density at radius 1 is 1.39 bits per heavy atom. The van der Waals surface area contributed by atoms with E-state index in [1.807, 2.05) is 0 Å². The van der Waals surface area contributed by atoms with Crippen molar-refractivity contribution in [2.45, 2.75) is 5.88 Å². The minimum Gasteiger partial charge on any atom is -0.289 e. The Morgan fingerprint density at radius 3 is 2.89 bits per heavy atom. The van der Waals surface area contributed by atoms with Crippen molar-refractivity contribution in [2.24, 2.45) is 7.05 Å². The van der Waals surface area contributed by atoms with E-state index in [1.54, 1.807) is 40.8 Å². The highest BCUT2D eigenvalue weighted by Crippen LogP contribution is 2.24. The lowest BCUT2D eigenvalue weighted by atomic mass is 10.3. The number of nitrogens with zero attached hydrogens (tertiary/aromatic N) is 4. The third-order valence-corrected chi connectivity index (χ3v) is 3.00. The lowest BCUT2D eigenvalue weighted by Gasteiger charge is -2.04. The van der Waals surface area contributed by atoms with Gasteiger partial charge < -0.3 is 0 Å². The molecular weight excluding hydrogens is 255 g/mol. The molecule has 1 aromatic carbocycles. The molecule has 0 aliphatic carbocycles. The van der Waals surface area contributed by atoms with E-state index >= 15 is 0 Å². The molecule has 4 nitrogen and oxygen atoms in total. The number of aromatic nitrogens is 4. The van der Waals surface area contributed by atoms with Crippen molar-refractivity contribution in [1.29, 1.82) is 0 Å². The highest BCUT2D eigenvalue weighted by molar-refractivity contribution is 6.17. The van der Waals surface area contributed by atoms with E-state index in [-0.39, 0.29) is 11.7 Å². The van der Waals surface area contributed by atoms with E-state index in [4.69, 9.17) is 11.6 Å². The van der Waals surface area contributed by atoms with Gasteiger partial charge in [0.1, 0.15) is 17.2 Å². The van der Waals surface area contributed by atoms with Gasteiger partial charge in [-0.25, -0.2) is 9.37 Å². The van der Waals surface area contributed by atoms with Crippen LogP contribution < -0.4 is 0 Å². The number of benzene rings is 1. The molecule has 0 radical (unpaired) electrons. The van der Waals surface area contributed by atoms with Crippen LogP contribution in [0.3, 0.4) is 0 Å². The molecule has 0 atom stereocenters. The second kappa shape index (κ2) is 4.10. The second-order valence-electron chi connectivity index (χ2n) is 3.98. The molecular formula is C12H10ClFN4. The summed E-state index contributed by atoms with van der Waals surface area (Å²) < 4.78 is 17.3. The molecule has 0 spiro atoms. The summed E-state index contributed by atoms with van der Waals surface area (Å²) in [6, 6.07) is 4.81. The van der Waals surface area contributed by atoms with Gasteiger partial charge in [-0.2, -0.15) is 5.10 Å². The maximum atomic E-state index is 14.0. The van der Waals surface area contributed by atoms with Crippen molar-refractivity contribution in [2.75, 3.05) is 0 Å². The van der Waals surface area contributed by atoms with Gasteiger partial charge in [-0.05, 0) is 12.1 Å². The Bertz CT molecular complexity index is 716. The minimum atomic E-state index is -0.319. The fourth-order valence-electron chi connectivity index (χ4n) is 2.03. The number of hydrogen-bond donors (Lipinski definition) is 0. The first kappa shape index (κ1) is 11.2. The Hall–Kier alpha value is -1.88. The average Bonchev–Trinajstić information content (AvgIpc) is 2.92. The van der Waals surface area contributed by atoms with Gasteiger partial charge in [0.2, 0.25) is 0 Å². The van der Waals surface area contributed by atoms with Gasteiger partial charge in [-0.1, -0.05) is 6.07 Å². The first-order valence-electron chi connectivity index (χ1n) is 5.41. The normalized spacial score (nSPS) is 11.3. The molecule has 2 heterocycles. The number of hydrogen-bond acceptors (Lipinski definition) is 2. The highest BCUT2D eigenvalue weighted by atomic mass is 35.5. The quantitative estimate of drug-likeness (QED) is 0.667. The Kier molecular flexibility index (Phi) is 2.56. The summed E-state index contributed by atoms with van der Waals surface area (Å²) in [6.45, 7) is 0. The lowest BCUT2D eigenvalue weighted by molar-refractivity contribution is 0.634. The first-order valence-corrected chi connectivity index (χ1v) is 5.95. The van der Waals surface area contributed by atoms with Crippen LogP contribution in [0.15, 0.2) is 30.6 Å². The zero-order valence-corrected chi connectivity index (χ0v) is 10.4. The van der Waals surface area contributed by atoms with Crippen molar-refractivity contribution in [3.8, 4) is 5.69 Å². The van der Waals surface area contributed by atoms with Crippen LogP contribution in [0.25, 0.3) is 16.7 Å². The number of fused-ring (bicyclic) bond motifs is 1. The maximum absolute atomic E-state index is 14.0. The Balaban J connectivity index is 2.38. The van der Waals surface area contributed by atoms with E-state index in [0.717, 1.165) is 5.69 Å². The lowest BCUT2D eigenvalue weighted by Crippen LogP contribution is -1.99. The van der Waals surface area contributed by atoms with E-state index in [9.17, 15) is 4.39 Å². The summed E-state index contributed by atoms with van der Waals surface area (Å²) in [5.74, 6) is 0.494. The number of rotatable bonds is 2. The van der Waals surface area contributed by atoms with Crippen molar-refractivity contribution in [3.63, 3.8) is 0 Å². The summed E-state index contributed by atoms with van der Waals surface area (Å²) in [7, 11) is 1.80. The topological polar surface area (TPSA) is 35.6 Å². The number of imidazole rings is 1. The fraction of sp³-hybridized carbons (Fsp3) is 0.167. The molecule has 6 heteroatoms. The Morgan fingerprint density at radius 2 is 2.22 bits per heavy atom. The molecule has 0 fully saturated rings. The van der Waals surface area contributed by atoms with Crippen LogP contribution in [0.5, 0.6) is 0 Å². The van der Waals surface area contributed by atoms with Crippen LogP contribution in [0.2, 0.25) is 0 Å². The molecule has 0 bridgehead atoms. The molecule has 0 aliphatic heterocycles. The molecule has 3 rings (SSSR count). The van der Waals surface area contributed by atoms with Crippen LogP contribution in [0.1, 0.15) is 5.82 Å². The third-order valence-electron chi connectivity index (χ3n) is 2.77. The smallest absolute Gasteiger partial charge is 0.149 e. The van der Waals surface area contributed by atoms with Crippen molar-refractivity contribution >= 4 is 22.6 Å². The number of aryl methyl sites for hydroxylation is 1. The van der Waals surface area contributed by atoms with Crippen LogP contribution in [0, 0.1) is 5.82 Å². The molecule has 18 heavy (non-hydrogen) atoms. The van der Waals surface area contributed by atoms with Gasteiger partial charge in [0.05, 0.1) is 23.3 Å². The maximum Gasteiger partial charge on any atom is 0.149 e. The predicted molar refractivity (Wildman–Crippen MR) is 67.4 cm³/mol. The second-order valence-corrected chi connectivity index (χ2v) is 4.24. The third kappa shape index (κ3) is 1.59. The minimum absolute atomic E-state index is 0.211. The van der Waals surface area contributed by atoms with Crippen molar-refractivity contribution in [1.82, 2.24) is 19.3 Å². The average molecular weight is 265 g/mol. The van der Waals surface area contributed by atoms with Crippen LogP contribution in [0.4, 0.5) is 4.39 Å². The molecule has 0 saturated carbocycles. The zero-order chi connectivity index (χ0) is 12.7. The van der Waals surface area contributed by atoms with Gasteiger partial charge in [0, 0.05) is 13.2 Å². The first-order chi connectivity index (χ1) is 8.70. The van der Waals surface area contributed by atoms with Gasteiger partial charge in [0.15, 0.2) is 0 Å². The van der Waals surface area contributed by atoms with E-state index in [1.165, 1.54) is 6.07 Å². The van der Waals surface area contributed by atoms with E-state index in [2.05, 4.69) is 10.1 Å². The molecule has 0 amide bonds. The van der Waals surface area contributed by atoms with Crippen molar-refractivity contribution in [3.05, 3.63) is 42.2 Å². The van der Waals surface area contributed by atoms with Gasteiger partial charge in [-0.3, -0.25) is 9.25 Å². The summed E-state index contributed by atoms with van der Waals surface area (Å²) in [5, 5.41) is 4.09. The van der Waals surface area contributed by atoms with E-state index < -0.39 is 0 Å². The van der Waals surface area contributed by atoms with Crippen LogP contribution in [-0.2, 0) is 12.9 Å². The fourth-order valence-corrected chi connectivity index (χ4v) is 2.20. The highest BCUT2D eigenvalue weighted by Gasteiger charge is 2.15.